The van der Waals surface area contributed by atoms with Crippen molar-refractivity contribution in [1.82, 2.24) is 4.98 Å². The van der Waals surface area contributed by atoms with Gasteiger partial charge in [0.05, 0.1) is 11.9 Å². The first-order valence-electron chi connectivity index (χ1n) is 7.45. The Kier molecular flexibility index (Phi) is 4.30. The van der Waals surface area contributed by atoms with E-state index in [2.05, 4.69) is 40.3 Å². The molecular weight excluding hydrogens is 282 g/mol. The summed E-state index contributed by atoms with van der Waals surface area (Å²) >= 11 is 6.04. The van der Waals surface area contributed by atoms with Crippen LogP contribution in [0.25, 0.3) is 0 Å². The molecule has 0 amide bonds. The molecule has 1 aromatic heterocycles. The van der Waals surface area contributed by atoms with Crippen molar-refractivity contribution < 1.29 is 0 Å². The second kappa shape index (κ2) is 6.35. The maximum Gasteiger partial charge on any atom is 0.128 e. The molecule has 0 bridgehead atoms. The number of aromatic nitrogens is 1. The molecule has 1 aromatic carbocycles. The molecule has 1 atom stereocenters. The van der Waals surface area contributed by atoms with Crippen LogP contribution in [0.2, 0.25) is 5.02 Å². The summed E-state index contributed by atoms with van der Waals surface area (Å²) in [6.07, 6.45) is 4.45. The van der Waals surface area contributed by atoms with Gasteiger partial charge in [-0.25, -0.2) is 4.98 Å². The SMILES string of the molecule is CC(Nc1ccc(N2CCCC2)nc1)c1cccc(Cl)c1. The zero-order valence-electron chi connectivity index (χ0n) is 12.2. The quantitative estimate of drug-likeness (QED) is 0.900. The highest BCUT2D eigenvalue weighted by Gasteiger charge is 2.13. The molecule has 1 aliphatic heterocycles. The lowest BCUT2D eigenvalue weighted by atomic mass is 10.1. The van der Waals surface area contributed by atoms with Crippen molar-refractivity contribution in [2.75, 3.05) is 23.3 Å². The van der Waals surface area contributed by atoms with Gasteiger partial charge in [-0.15, -0.1) is 0 Å². The molecule has 1 aliphatic rings. The molecule has 4 heteroatoms. The van der Waals surface area contributed by atoms with Crippen molar-refractivity contribution in [3.63, 3.8) is 0 Å². The highest BCUT2D eigenvalue weighted by molar-refractivity contribution is 6.30. The Hall–Kier alpha value is -1.74. The van der Waals surface area contributed by atoms with E-state index >= 15 is 0 Å². The first-order valence-corrected chi connectivity index (χ1v) is 7.83. The predicted octanol–water partition coefficient (Wildman–Crippen LogP) is 4.51. The fourth-order valence-corrected chi connectivity index (χ4v) is 2.91. The molecule has 21 heavy (non-hydrogen) atoms. The Morgan fingerprint density at radius 1 is 1.19 bits per heavy atom. The van der Waals surface area contributed by atoms with Gasteiger partial charge in [-0.3, -0.25) is 0 Å². The smallest absolute Gasteiger partial charge is 0.128 e. The molecule has 3 nitrogen and oxygen atoms in total. The third-order valence-corrected chi connectivity index (χ3v) is 4.14. The second-order valence-electron chi connectivity index (χ2n) is 5.52. The van der Waals surface area contributed by atoms with Crippen molar-refractivity contribution in [3.8, 4) is 0 Å². The van der Waals surface area contributed by atoms with Gasteiger partial charge in [-0.1, -0.05) is 23.7 Å². The van der Waals surface area contributed by atoms with Gasteiger partial charge in [0, 0.05) is 24.2 Å². The summed E-state index contributed by atoms with van der Waals surface area (Å²) in [5, 5.41) is 4.23. The van der Waals surface area contributed by atoms with Crippen LogP contribution in [0.3, 0.4) is 0 Å². The van der Waals surface area contributed by atoms with Crippen molar-refractivity contribution >= 4 is 23.1 Å². The van der Waals surface area contributed by atoms with Gasteiger partial charge >= 0.3 is 0 Å². The Morgan fingerprint density at radius 3 is 2.67 bits per heavy atom. The van der Waals surface area contributed by atoms with Crippen LogP contribution in [-0.2, 0) is 0 Å². The third kappa shape index (κ3) is 3.48. The molecule has 0 aliphatic carbocycles. The minimum atomic E-state index is 0.197. The number of rotatable bonds is 4. The number of nitrogens with zero attached hydrogens (tertiary/aromatic N) is 2. The summed E-state index contributed by atoms with van der Waals surface area (Å²) in [4.78, 5) is 6.90. The molecule has 0 saturated carbocycles. The predicted molar refractivity (Wildman–Crippen MR) is 89.2 cm³/mol. The van der Waals surface area contributed by atoms with Crippen LogP contribution < -0.4 is 10.2 Å². The van der Waals surface area contributed by atoms with E-state index < -0.39 is 0 Å². The number of hydrogen-bond donors (Lipinski definition) is 1. The van der Waals surface area contributed by atoms with E-state index in [-0.39, 0.29) is 6.04 Å². The van der Waals surface area contributed by atoms with E-state index in [9.17, 15) is 0 Å². The van der Waals surface area contributed by atoms with Crippen molar-refractivity contribution in [2.24, 2.45) is 0 Å². The van der Waals surface area contributed by atoms with E-state index in [4.69, 9.17) is 11.6 Å². The number of halogens is 1. The molecule has 0 spiro atoms. The number of pyridine rings is 1. The molecule has 2 heterocycles. The number of nitrogens with one attached hydrogen (secondary N) is 1. The molecule has 110 valence electrons. The van der Waals surface area contributed by atoms with Crippen LogP contribution in [-0.4, -0.2) is 18.1 Å². The first kappa shape index (κ1) is 14.2. The zero-order chi connectivity index (χ0) is 14.7. The average molecular weight is 302 g/mol. The monoisotopic (exact) mass is 301 g/mol. The lowest BCUT2D eigenvalue weighted by molar-refractivity contribution is 0.880. The van der Waals surface area contributed by atoms with Gasteiger partial charge in [0.15, 0.2) is 0 Å². The number of hydrogen-bond acceptors (Lipinski definition) is 3. The maximum atomic E-state index is 6.04. The Bertz CT molecular complexity index is 591. The summed E-state index contributed by atoms with van der Waals surface area (Å²) in [6, 6.07) is 12.3. The van der Waals surface area contributed by atoms with Crippen LogP contribution in [0.4, 0.5) is 11.5 Å². The molecule has 1 unspecified atom stereocenters. The molecular formula is C17H20ClN3. The highest BCUT2D eigenvalue weighted by atomic mass is 35.5. The summed E-state index contributed by atoms with van der Waals surface area (Å²) in [6.45, 7) is 4.37. The zero-order valence-corrected chi connectivity index (χ0v) is 13.0. The summed E-state index contributed by atoms with van der Waals surface area (Å²) in [7, 11) is 0. The summed E-state index contributed by atoms with van der Waals surface area (Å²) in [5.74, 6) is 1.08. The average Bonchev–Trinajstić information content (AvgIpc) is 3.02. The Balaban J connectivity index is 1.67. The summed E-state index contributed by atoms with van der Waals surface area (Å²) < 4.78 is 0. The number of anilines is 2. The second-order valence-corrected chi connectivity index (χ2v) is 5.96. The van der Waals surface area contributed by atoms with Crippen LogP contribution in [0, 0.1) is 0 Å². The molecule has 1 saturated heterocycles. The van der Waals surface area contributed by atoms with E-state index in [1.165, 1.54) is 18.4 Å². The van der Waals surface area contributed by atoms with Crippen molar-refractivity contribution in [3.05, 3.63) is 53.2 Å². The van der Waals surface area contributed by atoms with E-state index in [0.717, 1.165) is 29.6 Å². The standard InChI is InChI=1S/C17H20ClN3/c1-13(14-5-4-6-15(18)11-14)20-16-7-8-17(19-12-16)21-9-2-3-10-21/h4-8,11-13,20H,2-3,9-10H2,1H3. The fraction of sp³-hybridized carbons (Fsp3) is 0.353. The van der Waals surface area contributed by atoms with Crippen LogP contribution >= 0.6 is 11.6 Å². The summed E-state index contributed by atoms with van der Waals surface area (Å²) in [5.41, 5.74) is 2.21. The molecule has 3 rings (SSSR count). The third-order valence-electron chi connectivity index (χ3n) is 3.91. The van der Waals surface area contributed by atoms with Gasteiger partial charge in [0.1, 0.15) is 5.82 Å². The topological polar surface area (TPSA) is 28.2 Å². The number of benzene rings is 1. The largest absolute Gasteiger partial charge is 0.377 e. The van der Waals surface area contributed by atoms with Gasteiger partial charge in [0.25, 0.3) is 0 Å². The molecule has 0 radical (unpaired) electrons. The van der Waals surface area contributed by atoms with Crippen LogP contribution in [0.1, 0.15) is 31.4 Å². The van der Waals surface area contributed by atoms with E-state index in [1.54, 1.807) is 0 Å². The molecule has 2 aromatic rings. The van der Waals surface area contributed by atoms with Crippen molar-refractivity contribution in [2.45, 2.75) is 25.8 Å². The van der Waals surface area contributed by atoms with Gasteiger partial charge in [-0.2, -0.15) is 0 Å². The van der Waals surface area contributed by atoms with Gasteiger partial charge in [-0.05, 0) is 49.6 Å². The minimum Gasteiger partial charge on any atom is -0.377 e. The highest BCUT2D eigenvalue weighted by Crippen LogP contribution is 2.23. The minimum absolute atomic E-state index is 0.197. The lowest BCUT2D eigenvalue weighted by Gasteiger charge is -2.18. The van der Waals surface area contributed by atoms with E-state index in [0.29, 0.717) is 0 Å². The lowest BCUT2D eigenvalue weighted by Crippen LogP contribution is -2.18. The molecule has 1 fully saturated rings. The molecule has 1 N–H and O–H groups in total. The van der Waals surface area contributed by atoms with Gasteiger partial charge < -0.3 is 10.2 Å². The fourth-order valence-electron chi connectivity index (χ4n) is 2.71. The Morgan fingerprint density at radius 2 is 2.00 bits per heavy atom. The van der Waals surface area contributed by atoms with Gasteiger partial charge in [0.2, 0.25) is 0 Å². The maximum absolute atomic E-state index is 6.04. The van der Waals surface area contributed by atoms with E-state index in [1.807, 2.05) is 24.4 Å². The first-order chi connectivity index (χ1) is 10.2. The van der Waals surface area contributed by atoms with Crippen LogP contribution in [0.15, 0.2) is 42.6 Å². The Labute approximate surface area is 131 Å². The normalized spacial score (nSPS) is 16.0. The van der Waals surface area contributed by atoms with Crippen LogP contribution in [0.5, 0.6) is 0 Å². The van der Waals surface area contributed by atoms with Crippen molar-refractivity contribution in [1.29, 1.82) is 0 Å².